The molecule has 10 nitrogen and oxygen atoms in total. The average molecular weight is 853 g/mol. The van der Waals surface area contributed by atoms with Gasteiger partial charge in [0.05, 0.1) is 10.9 Å². The molecule has 4 N–H and O–H groups in total. The predicted molar refractivity (Wildman–Crippen MR) is 265 cm³/mol. The number of hydrogen-bond acceptors (Lipinski definition) is 5. The number of benzene rings is 1. The summed E-state index contributed by atoms with van der Waals surface area (Å²) in [5, 5.41) is 4.62. The molecule has 0 aliphatic rings. The van der Waals surface area contributed by atoms with Crippen LogP contribution in [-0.2, 0) is 0 Å². The number of fused-ring (bicyclic) bond motifs is 4. The van der Waals surface area contributed by atoms with Crippen LogP contribution in [0.1, 0.15) is 157 Å². The Hall–Kier alpha value is -5.68. The molecule has 0 atom stereocenters. The van der Waals surface area contributed by atoms with Gasteiger partial charge in [0.15, 0.2) is 0 Å². The van der Waals surface area contributed by atoms with Crippen molar-refractivity contribution >= 4 is 43.2 Å². The third-order valence-corrected chi connectivity index (χ3v) is 10.0. The third-order valence-electron chi connectivity index (χ3n) is 9.06. The standard InChI is InChI=1S/C12H13NO.2C10H12N2O.C10H11NOS.4C2H6/c1-8(2)11-7-13-12(14)10-6-4-3-5-9(10)11;1-7(2)8-6-11-10(13)12-5-3-4-9(8)12;1-7(2)9-6-11-10(13)8-4-3-5-12(8)9;1-6(2)8-5-11-10(12)7-3-4-13-9(7)8;4*1-2/h3-8H,1-2H3,(H,13,14);2*3-7H,1-2H3,(H,11,13);3-6H,1-2H3,(H,11,12);4*1-2H3. The van der Waals surface area contributed by atoms with Crippen LogP contribution in [0.25, 0.3) is 31.9 Å². The van der Waals surface area contributed by atoms with Crippen LogP contribution in [0.2, 0.25) is 0 Å². The Balaban J connectivity index is 0.000000385. The van der Waals surface area contributed by atoms with Crippen molar-refractivity contribution in [1.82, 2.24) is 28.7 Å². The predicted octanol–water partition coefficient (Wildman–Crippen LogP) is 13.0. The van der Waals surface area contributed by atoms with Gasteiger partial charge in [-0.3, -0.25) is 18.8 Å². The van der Waals surface area contributed by atoms with E-state index in [9.17, 15) is 19.2 Å². The molecule has 0 saturated carbocycles. The van der Waals surface area contributed by atoms with Crippen molar-refractivity contribution in [3.05, 3.63) is 161 Å². The van der Waals surface area contributed by atoms with E-state index >= 15 is 0 Å². The molecule has 0 aliphatic carbocycles. The molecule has 0 aliphatic heterocycles. The van der Waals surface area contributed by atoms with Gasteiger partial charge in [-0.15, -0.1) is 11.3 Å². The number of aromatic amines is 4. The molecule has 332 valence electrons. The zero-order valence-corrected chi connectivity index (χ0v) is 40.3. The van der Waals surface area contributed by atoms with Crippen molar-refractivity contribution < 1.29 is 0 Å². The topological polar surface area (TPSA) is 140 Å². The lowest BCUT2D eigenvalue weighted by Gasteiger charge is -2.08. The van der Waals surface area contributed by atoms with Crippen LogP contribution in [-0.4, -0.2) is 28.7 Å². The van der Waals surface area contributed by atoms with E-state index in [1.54, 1.807) is 34.3 Å². The molecule has 11 heteroatoms. The quantitative estimate of drug-likeness (QED) is 0.140. The number of rotatable bonds is 4. The van der Waals surface area contributed by atoms with Gasteiger partial charge in [0.1, 0.15) is 5.52 Å². The molecule has 8 aromatic rings. The fourth-order valence-corrected chi connectivity index (χ4v) is 7.25. The number of H-pyrrole nitrogens is 4. The van der Waals surface area contributed by atoms with Gasteiger partial charge in [-0.05, 0) is 87.5 Å². The summed E-state index contributed by atoms with van der Waals surface area (Å²) in [5.74, 6) is 1.72. The summed E-state index contributed by atoms with van der Waals surface area (Å²) in [6.45, 7) is 32.9. The van der Waals surface area contributed by atoms with Gasteiger partial charge in [0.25, 0.3) is 16.7 Å². The number of thiophene rings is 1. The van der Waals surface area contributed by atoms with Gasteiger partial charge in [-0.25, -0.2) is 4.79 Å². The summed E-state index contributed by atoms with van der Waals surface area (Å²) in [7, 11) is 0. The Labute approximate surface area is 366 Å². The summed E-state index contributed by atoms with van der Waals surface area (Å²) in [4.78, 5) is 56.5. The highest BCUT2D eigenvalue weighted by Crippen LogP contribution is 2.26. The molecule has 0 bridgehead atoms. The number of nitrogens with zero attached hydrogens (tertiary/aromatic N) is 2. The molecule has 0 unspecified atom stereocenters. The van der Waals surface area contributed by atoms with Crippen molar-refractivity contribution in [1.29, 1.82) is 0 Å². The van der Waals surface area contributed by atoms with Crippen molar-refractivity contribution in [2.45, 2.75) is 134 Å². The average Bonchev–Trinajstić information content (AvgIpc) is 4.08. The van der Waals surface area contributed by atoms with Crippen molar-refractivity contribution in [2.75, 3.05) is 0 Å². The lowest BCUT2D eigenvalue weighted by atomic mass is 9.99. The Kier molecular flexibility index (Phi) is 23.8. The van der Waals surface area contributed by atoms with Crippen LogP contribution in [0.5, 0.6) is 0 Å². The van der Waals surface area contributed by atoms with Crippen LogP contribution in [0.15, 0.2) is 116 Å². The maximum Gasteiger partial charge on any atom is 0.329 e. The first-order valence-electron chi connectivity index (χ1n) is 21.9. The lowest BCUT2D eigenvalue weighted by Crippen LogP contribution is -2.16. The fourth-order valence-electron chi connectivity index (χ4n) is 6.19. The van der Waals surface area contributed by atoms with E-state index in [1.807, 2.05) is 138 Å². The van der Waals surface area contributed by atoms with Crippen molar-refractivity contribution in [3.8, 4) is 0 Å². The third kappa shape index (κ3) is 13.9. The van der Waals surface area contributed by atoms with Crippen LogP contribution in [0.3, 0.4) is 0 Å². The minimum absolute atomic E-state index is 0.00926. The van der Waals surface area contributed by atoms with Gasteiger partial charge >= 0.3 is 5.69 Å². The largest absolute Gasteiger partial charge is 0.329 e. The number of pyridine rings is 2. The van der Waals surface area contributed by atoms with E-state index in [0.29, 0.717) is 29.2 Å². The van der Waals surface area contributed by atoms with Crippen LogP contribution in [0, 0.1) is 0 Å². The molecule has 7 aromatic heterocycles. The Morgan fingerprint density at radius 1 is 0.443 bits per heavy atom. The molecule has 1 aromatic carbocycles. The molecule has 0 amide bonds. The van der Waals surface area contributed by atoms with Gasteiger partial charge in [-0.1, -0.05) is 129 Å². The van der Waals surface area contributed by atoms with E-state index < -0.39 is 0 Å². The zero-order valence-electron chi connectivity index (χ0n) is 39.5. The highest BCUT2D eigenvalue weighted by Gasteiger charge is 2.10. The van der Waals surface area contributed by atoms with E-state index in [2.05, 4.69) is 75.3 Å². The molecule has 0 fully saturated rings. The first-order chi connectivity index (χ1) is 29.3. The molecule has 61 heavy (non-hydrogen) atoms. The molecule has 8 rings (SSSR count). The first kappa shape index (κ1) is 53.3. The summed E-state index contributed by atoms with van der Waals surface area (Å²) in [6, 6.07) is 17.2. The maximum absolute atomic E-state index is 11.5. The van der Waals surface area contributed by atoms with E-state index in [4.69, 9.17) is 0 Å². The van der Waals surface area contributed by atoms with Crippen LogP contribution in [0.4, 0.5) is 0 Å². The monoisotopic (exact) mass is 853 g/mol. The SMILES string of the molecule is CC.CC.CC.CC.CC(C)c1c[nH]c(=O)c2ccccc12.CC(C)c1c[nH]c(=O)c2cccn12.CC(C)c1c[nH]c(=O)c2ccsc12.CC(C)c1c[nH]c(=O)n2cccc12. The number of aromatic nitrogens is 6. The van der Waals surface area contributed by atoms with Crippen LogP contribution < -0.4 is 22.4 Å². The smallest absolute Gasteiger partial charge is 0.328 e. The fraction of sp³-hybridized carbons (Fsp3) is 0.400. The van der Waals surface area contributed by atoms with Gasteiger partial charge in [0, 0.05) is 53.0 Å². The zero-order chi connectivity index (χ0) is 46.4. The highest BCUT2D eigenvalue weighted by molar-refractivity contribution is 7.17. The summed E-state index contributed by atoms with van der Waals surface area (Å²) in [5.41, 5.74) is 6.32. The molecular formula is C50H72N6O4S. The summed E-state index contributed by atoms with van der Waals surface area (Å²) in [6.07, 6.45) is 10.9. The Morgan fingerprint density at radius 2 is 0.918 bits per heavy atom. The second-order valence-electron chi connectivity index (χ2n) is 14.1. The summed E-state index contributed by atoms with van der Waals surface area (Å²) >= 11 is 1.64. The molecular weight excluding hydrogens is 781 g/mol. The normalized spacial score (nSPS) is 10.2. The lowest BCUT2D eigenvalue weighted by molar-refractivity contribution is 0.789. The minimum Gasteiger partial charge on any atom is -0.328 e. The van der Waals surface area contributed by atoms with Crippen LogP contribution >= 0.6 is 11.3 Å². The molecule has 0 spiro atoms. The second kappa shape index (κ2) is 27.2. The maximum atomic E-state index is 11.5. The molecule has 7 heterocycles. The minimum atomic E-state index is -0.0793. The van der Waals surface area contributed by atoms with Crippen molar-refractivity contribution in [2.24, 2.45) is 0 Å². The summed E-state index contributed by atoms with van der Waals surface area (Å²) < 4.78 is 4.69. The van der Waals surface area contributed by atoms with Gasteiger partial charge < -0.3 is 24.3 Å². The second-order valence-corrected chi connectivity index (χ2v) is 15.0. The highest BCUT2D eigenvalue weighted by atomic mass is 32.1. The van der Waals surface area contributed by atoms with E-state index in [-0.39, 0.29) is 22.4 Å². The molecule has 0 radical (unpaired) electrons. The number of hydrogen-bond donors (Lipinski definition) is 4. The Morgan fingerprint density at radius 3 is 1.48 bits per heavy atom. The molecule has 0 saturated heterocycles. The van der Waals surface area contributed by atoms with Crippen molar-refractivity contribution in [3.63, 3.8) is 0 Å². The van der Waals surface area contributed by atoms with E-state index in [1.165, 1.54) is 16.7 Å². The van der Waals surface area contributed by atoms with Gasteiger partial charge in [0.2, 0.25) is 0 Å². The van der Waals surface area contributed by atoms with E-state index in [0.717, 1.165) is 32.1 Å². The first-order valence-corrected chi connectivity index (χ1v) is 22.7. The Bertz CT molecular complexity index is 2480. The number of nitrogens with one attached hydrogen (secondary N) is 4. The van der Waals surface area contributed by atoms with Gasteiger partial charge in [-0.2, -0.15) is 0 Å².